The summed E-state index contributed by atoms with van der Waals surface area (Å²) in [5, 5.41) is 8.20. The van der Waals surface area contributed by atoms with Gasteiger partial charge in [-0.05, 0) is 6.42 Å². The Bertz CT molecular complexity index is 537. The fourth-order valence-corrected chi connectivity index (χ4v) is 1.94. The lowest BCUT2D eigenvalue weighted by Crippen LogP contribution is -2.05. The third kappa shape index (κ3) is 3.20. The number of rotatable bonds is 7. The second-order valence-electron chi connectivity index (χ2n) is 4.50. The Balaban J connectivity index is 2.08. The lowest BCUT2D eigenvalue weighted by Gasteiger charge is -2.06. The van der Waals surface area contributed by atoms with Gasteiger partial charge in [0.25, 0.3) is 0 Å². The molecule has 0 aromatic carbocycles. The van der Waals surface area contributed by atoms with Gasteiger partial charge in [0.15, 0.2) is 11.5 Å². The average Bonchev–Trinajstić information content (AvgIpc) is 2.80. The monoisotopic (exact) mass is 263 g/mol. The smallest absolute Gasteiger partial charge is 0.163 e. The van der Waals surface area contributed by atoms with Gasteiger partial charge in [0, 0.05) is 20.7 Å². The quantitative estimate of drug-likeness (QED) is 0.775. The number of aromatic nitrogens is 4. The van der Waals surface area contributed by atoms with E-state index in [0.29, 0.717) is 12.4 Å². The molecule has 0 saturated heterocycles. The molecule has 0 unspecified atom stereocenters. The molecule has 0 bridgehead atoms. The van der Waals surface area contributed by atoms with Crippen LogP contribution in [0.5, 0.6) is 0 Å². The van der Waals surface area contributed by atoms with E-state index in [1.54, 1.807) is 10.9 Å². The highest BCUT2D eigenvalue weighted by Gasteiger charge is 2.10. The molecular weight excluding hydrogens is 242 g/mol. The van der Waals surface area contributed by atoms with Crippen LogP contribution in [0.25, 0.3) is 11.0 Å². The van der Waals surface area contributed by atoms with Gasteiger partial charge in [0.2, 0.25) is 0 Å². The minimum absolute atomic E-state index is 0.444. The van der Waals surface area contributed by atoms with Crippen LogP contribution in [-0.4, -0.2) is 33.4 Å². The number of anilines is 1. The Morgan fingerprint density at radius 2 is 2.16 bits per heavy atom. The second kappa shape index (κ2) is 6.47. The first kappa shape index (κ1) is 13.7. The molecule has 2 aromatic heterocycles. The highest BCUT2D eigenvalue weighted by atomic mass is 16.5. The summed E-state index contributed by atoms with van der Waals surface area (Å²) in [5.41, 5.74) is 0.825. The zero-order valence-electron chi connectivity index (χ0n) is 11.8. The lowest BCUT2D eigenvalue weighted by molar-refractivity contribution is 0.112. The largest absolute Gasteiger partial charge is 0.373 e. The molecule has 2 rings (SSSR count). The summed E-state index contributed by atoms with van der Waals surface area (Å²) in [4.78, 5) is 8.94. The third-order valence-corrected chi connectivity index (χ3v) is 3.00. The summed E-state index contributed by atoms with van der Waals surface area (Å²) in [5.74, 6) is 1.49. The Labute approximate surface area is 113 Å². The minimum atomic E-state index is 0.444. The molecule has 0 atom stereocenters. The molecule has 0 aliphatic carbocycles. The summed E-state index contributed by atoms with van der Waals surface area (Å²) >= 11 is 0. The molecule has 2 heterocycles. The maximum absolute atomic E-state index is 5.60. The van der Waals surface area contributed by atoms with Crippen LogP contribution >= 0.6 is 0 Å². The zero-order valence-corrected chi connectivity index (χ0v) is 11.8. The second-order valence-corrected chi connectivity index (χ2v) is 4.50. The van der Waals surface area contributed by atoms with E-state index in [2.05, 4.69) is 27.3 Å². The fourth-order valence-electron chi connectivity index (χ4n) is 1.94. The summed E-state index contributed by atoms with van der Waals surface area (Å²) in [6.07, 6.45) is 5.25. The van der Waals surface area contributed by atoms with Crippen molar-refractivity contribution in [1.82, 2.24) is 19.7 Å². The van der Waals surface area contributed by atoms with Crippen molar-refractivity contribution >= 4 is 16.9 Å². The molecule has 104 valence electrons. The Morgan fingerprint density at radius 3 is 2.89 bits per heavy atom. The number of unbranched alkanes of at least 4 members (excludes halogenated alkanes) is 2. The molecule has 0 amide bonds. The number of hydrogen-bond acceptors (Lipinski definition) is 5. The van der Waals surface area contributed by atoms with Gasteiger partial charge in [-0.15, -0.1) is 0 Å². The molecule has 0 fully saturated rings. The number of nitrogens with zero attached hydrogens (tertiary/aromatic N) is 4. The standard InChI is InChI=1S/C13H21N5O/c1-4-5-6-7-19-9-11-16-12(14-2)10-8-15-18(3)13(10)17-11/h8H,4-7,9H2,1-3H3,(H,14,16,17). The van der Waals surface area contributed by atoms with Crippen molar-refractivity contribution in [2.75, 3.05) is 19.0 Å². The van der Waals surface area contributed by atoms with Crippen LogP contribution in [0.3, 0.4) is 0 Å². The molecule has 0 spiro atoms. The van der Waals surface area contributed by atoms with E-state index in [4.69, 9.17) is 4.74 Å². The van der Waals surface area contributed by atoms with Gasteiger partial charge in [-0.1, -0.05) is 19.8 Å². The van der Waals surface area contributed by atoms with Crippen molar-refractivity contribution in [3.05, 3.63) is 12.0 Å². The number of fused-ring (bicyclic) bond motifs is 1. The van der Waals surface area contributed by atoms with Crippen molar-refractivity contribution < 1.29 is 4.74 Å². The maximum Gasteiger partial charge on any atom is 0.163 e. The van der Waals surface area contributed by atoms with Crippen molar-refractivity contribution in [3.63, 3.8) is 0 Å². The van der Waals surface area contributed by atoms with Crippen LogP contribution in [0.2, 0.25) is 0 Å². The molecule has 0 saturated carbocycles. The Kier molecular flexibility index (Phi) is 4.68. The molecule has 19 heavy (non-hydrogen) atoms. The van der Waals surface area contributed by atoms with Gasteiger partial charge >= 0.3 is 0 Å². The molecule has 6 nitrogen and oxygen atoms in total. The predicted molar refractivity (Wildman–Crippen MR) is 75.0 cm³/mol. The summed E-state index contributed by atoms with van der Waals surface area (Å²) in [7, 11) is 3.72. The van der Waals surface area contributed by atoms with Gasteiger partial charge < -0.3 is 10.1 Å². The third-order valence-electron chi connectivity index (χ3n) is 3.00. The van der Waals surface area contributed by atoms with Crippen LogP contribution in [0.4, 0.5) is 5.82 Å². The summed E-state index contributed by atoms with van der Waals surface area (Å²) < 4.78 is 7.35. The van der Waals surface area contributed by atoms with E-state index in [9.17, 15) is 0 Å². The van der Waals surface area contributed by atoms with E-state index in [0.717, 1.165) is 29.9 Å². The Hall–Kier alpha value is -1.69. The molecular formula is C13H21N5O. The number of aryl methyl sites for hydroxylation is 1. The first-order valence-electron chi connectivity index (χ1n) is 6.70. The summed E-state index contributed by atoms with van der Waals surface area (Å²) in [6, 6.07) is 0. The topological polar surface area (TPSA) is 64.9 Å². The summed E-state index contributed by atoms with van der Waals surface area (Å²) in [6.45, 7) is 3.38. The van der Waals surface area contributed by atoms with Gasteiger partial charge in [-0.25, -0.2) is 9.97 Å². The molecule has 1 N–H and O–H groups in total. The number of hydrogen-bond donors (Lipinski definition) is 1. The number of ether oxygens (including phenoxy) is 1. The predicted octanol–water partition coefficient (Wildman–Crippen LogP) is 2.11. The van der Waals surface area contributed by atoms with E-state index in [1.807, 2.05) is 14.1 Å². The average molecular weight is 263 g/mol. The molecule has 0 radical (unpaired) electrons. The van der Waals surface area contributed by atoms with Crippen LogP contribution < -0.4 is 5.32 Å². The lowest BCUT2D eigenvalue weighted by atomic mass is 10.3. The first-order chi connectivity index (χ1) is 9.26. The van der Waals surface area contributed by atoms with Crippen molar-refractivity contribution in [1.29, 1.82) is 0 Å². The van der Waals surface area contributed by atoms with E-state index >= 15 is 0 Å². The van der Waals surface area contributed by atoms with E-state index in [-0.39, 0.29) is 0 Å². The van der Waals surface area contributed by atoms with Gasteiger partial charge in [-0.2, -0.15) is 5.10 Å². The highest BCUT2D eigenvalue weighted by Crippen LogP contribution is 2.19. The minimum Gasteiger partial charge on any atom is -0.373 e. The Morgan fingerprint density at radius 1 is 1.32 bits per heavy atom. The van der Waals surface area contributed by atoms with Crippen molar-refractivity contribution in [3.8, 4) is 0 Å². The SMILES string of the molecule is CCCCCOCc1nc(NC)c2cnn(C)c2n1. The maximum atomic E-state index is 5.60. The normalized spacial score (nSPS) is 11.1. The van der Waals surface area contributed by atoms with Gasteiger partial charge in [0.1, 0.15) is 12.4 Å². The number of nitrogens with one attached hydrogen (secondary N) is 1. The molecule has 0 aliphatic rings. The first-order valence-corrected chi connectivity index (χ1v) is 6.70. The highest BCUT2D eigenvalue weighted by molar-refractivity contribution is 5.86. The van der Waals surface area contributed by atoms with E-state index in [1.165, 1.54) is 12.8 Å². The van der Waals surface area contributed by atoms with Crippen molar-refractivity contribution in [2.45, 2.75) is 32.8 Å². The van der Waals surface area contributed by atoms with Crippen LogP contribution in [0, 0.1) is 0 Å². The van der Waals surface area contributed by atoms with Gasteiger partial charge in [-0.3, -0.25) is 4.68 Å². The molecule has 2 aromatic rings. The fraction of sp³-hybridized carbons (Fsp3) is 0.615. The van der Waals surface area contributed by atoms with E-state index < -0.39 is 0 Å². The van der Waals surface area contributed by atoms with Crippen LogP contribution in [-0.2, 0) is 18.4 Å². The van der Waals surface area contributed by atoms with Crippen LogP contribution in [0.1, 0.15) is 32.0 Å². The van der Waals surface area contributed by atoms with Gasteiger partial charge in [0.05, 0.1) is 11.6 Å². The zero-order chi connectivity index (χ0) is 13.7. The molecule has 6 heteroatoms. The molecule has 0 aliphatic heterocycles. The van der Waals surface area contributed by atoms with Crippen molar-refractivity contribution in [2.24, 2.45) is 7.05 Å². The van der Waals surface area contributed by atoms with Crippen LogP contribution in [0.15, 0.2) is 6.20 Å².